The highest BCUT2D eigenvalue weighted by Crippen LogP contribution is 2.31. The predicted octanol–water partition coefficient (Wildman–Crippen LogP) is 1.06. The lowest BCUT2D eigenvalue weighted by Gasteiger charge is -2.48. The quantitative estimate of drug-likeness (QED) is 0.742. The molecule has 0 aromatic heterocycles. The molecule has 0 aromatic carbocycles. The Kier molecular flexibility index (Phi) is 3.12. The topological polar surface area (TPSA) is 40.5 Å². The molecule has 2 aliphatic rings. The average Bonchev–Trinajstić information content (AvgIpc) is 2.08. The molecule has 0 spiro atoms. The Morgan fingerprint density at radius 3 is 2.73 bits per heavy atom. The molecule has 2 rings (SSSR count). The molecule has 1 saturated heterocycles. The monoisotopic (exact) mass is 211 g/mol. The van der Waals surface area contributed by atoms with Gasteiger partial charge in [-0.05, 0) is 19.3 Å². The molecule has 0 aromatic rings. The van der Waals surface area contributed by atoms with E-state index in [1.54, 1.807) is 0 Å². The fraction of sp³-hybridized carbons (Fsp3) is 0.917. The maximum atomic E-state index is 11.4. The third kappa shape index (κ3) is 2.23. The van der Waals surface area contributed by atoms with E-state index < -0.39 is 0 Å². The summed E-state index contributed by atoms with van der Waals surface area (Å²) in [7, 11) is 0. The molecule has 1 aliphatic carbocycles. The summed E-state index contributed by atoms with van der Waals surface area (Å²) in [6.07, 6.45) is 2.34. The molecule has 1 saturated carbocycles. The summed E-state index contributed by atoms with van der Waals surface area (Å²) in [6, 6.07) is 0.446. The summed E-state index contributed by atoms with van der Waals surface area (Å²) in [6.45, 7) is 6.05. The number of Topliss-reactive ketones (excluding diaryl/α,β-unsaturated/α-hetero) is 1. The first-order chi connectivity index (χ1) is 7.08. The Balaban J connectivity index is 1.86. The van der Waals surface area contributed by atoms with Crippen molar-refractivity contribution in [2.75, 3.05) is 13.1 Å². The average molecular weight is 211 g/mol. The molecule has 1 aliphatic heterocycles. The molecule has 0 amide bonds. The maximum absolute atomic E-state index is 11.4. The largest absolute Gasteiger partial charge is 0.393 e. The molecule has 15 heavy (non-hydrogen) atoms. The molecule has 0 bridgehead atoms. The summed E-state index contributed by atoms with van der Waals surface area (Å²) >= 11 is 0. The van der Waals surface area contributed by atoms with Gasteiger partial charge in [-0.3, -0.25) is 9.69 Å². The minimum atomic E-state index is -0.198. The van der Waals surface area contributed by atoms with Gasteiger partial charge in [-0.1, -0.05) is 6.92 Å². The van der Waals surface area contributed by atoms with Crippen molar-refractivity contribution in [1.29, 1.82) is 0 Å². The van der Waals surface area contributed by atoms with Crippen LogP contribution in [-0.4, -0.2) is 41.0 Å². The highest BCUT2D eigenvalue weighted by molar-refractivity contribution is 5.79. The highest BCUT2D eigenvalue weighted by atomic mass is 16.3. The number of rotatable bonds is 2. The van der Waals surface area contributed by atoms with E-state index in [1.807, 2.05) is 6.92 Å². The Morgan fingerprint density at radius 1 is 1.47 bits per heavy atom. The summed E-state index contributed by atoms with van der Waals surface area (Å²) in [5.41, 5.74) is 0. The SMILES string of the molecule is CC1CCC(=O)CC1N1CC([C@H](C)O)C1. The molecular formula is C12H21NO2. The third-order valence-corrected chi connectivity index (χ3v) is 4.06. The molecular weight excluding hydrogens is 190 g/mol. The number of aliphatic hydroxyl groups is 1. The van der Waals surface area contributed by atoms with Gasteiger partial charge >= 0.3 is 0 Å². The number of hydrogen-bond acceptors (Lipinski definition) is 3. The number of aliphatic hydroxyl groups excluding tert-OH is 1. The first-order valence-electron chi connectivity index (χ1n) is 6.01. The molecule has 3 heteroatoms. The van der Waals surface area contributed by atoms with E-state index in [1.165, 1.54) is 0 Å². The fourth-order valence-corrected chi connectivity index (χ4v) is 2.73. The molecule has 1 heterocycles. The number of carbonyl (C=O) groups excluding carboxylic acids is 1. The molecule has 1 N–H and O–H groups in total. The van der Waals surface area contributed by atoms with Crippen LogP contribution in [0.3, 0.4) is 0 Å². The van der Waals surface area contributed by atoms with Gasteiger partial charge in [0.25, 0.3) is 0 Å². The van der Waals surface area contributed by atoms with E-state index >= 15 is 0 Å². The smallest absolute Gasteiger partial charge is 0.134 e. The summed E-state index contributed by atoms with van der Waals surface area (Å²) in [5.74, 6) is 1.48. The van der Waals surface area contributed by atoms with E-state index in [9.17, 15) is 9.90 Å². The van der Waals surface area contributed by atoms with Gasteiger partial charge in [0, 0.05) is 37.9 Å². The van der Waals surface area contributed by atoms with Gasteiger partial charge in [-0.2, -0.15) is 0 Å². The Hall–Kier alpha value is -0.410. The number of carbonyl (C=O) groups is 1. The van der Waals surface area contributed by atoms with Crippen LogP contribution in [-0.2, 0) is 4.79 Å². The van der Waals surface area contributed by atoms with Crippen molar-refractivity contribution in [2.24, 2.45) is 11.8 Å². The van der Waals surface area contributed by atoms with Crippen molar-refractivity contribution in [1.82, 2.24) is 4.90 Å². The zero-order valence-electron chi connectivity index (χ0n) is 9.65. The van der Waals surface area contributed by atoms with Gasteiger partial charge in [-0.25, -0.2) is 0 Å². The molecule has 0 radical (unpaired) electrons. The van der Waals surface area contributed by atoms with Crippen molar-refractivity contribution in [3.8, 4) is 0 Å². The van der Waals surface area contributed by atoms with Crippen LogP contribution in [0.15, 0.2) is 0 Å². The summed E-state index contributed by atoms with van der Waals surface area (Å²) in [4.78, 5) is 13.8. The van der Waals surface area contributed by atoms with Crippen LogP contribution in [0.25, 0.3) is 0 Å². The minimum absolute atomic E-state index is 0.198. The van der Waals surface area contributed by atoms with E-state index in [4.69, 9.17) is 0 Å². The van der Waals surface area contributed by atoms with Crippen molar-refractivity contribution in [2.45, 2.75) is 45.3 Å². The van der Waals surface area contributed by atoms with Crippen LogP contribution in [0.5, 0.6) is 0 Å². The van der Waals surface area contributed by atoms with E-state index in [-0.39, 0.29) is 6.10 Å². The molecule has 2 fully saturated rings. The standard InChI is InChI=1S/C12H21NO2/c1-8-3-4-11(15)5-12(8)13-6-10(7-13)9(2)14/h8-10,12,14H,3-7H2,1-2H3/t8?,9-,12?/m0/s1. The lowest BCUT2D eigenvalue weighted by atomic mass is 9.80. The van der Waals surface area contributed by atoms with Gasteiger partial charge in [0.05, 0.1) is 6.10 Å². The van der Waals surface area contributed by atoms with Gasteiger partial charge in [0.1, 0.15) is 5.78 Å². The zero-order valence-corrected chi connectivity index (χ0v) is 9.65. The van der Waals surface area contributed by atoms with Crippen molar-refractivity contribution in [3.63, 3.8) is 0 Å². The minimum Gasteiger partial charge on any atom is -0.393 e. The van der Waals surface area contributed by atoms with Crippen LogP contribution in [0.4, 0.5) is 0 Å². The first kappa shape index (κ1) is 11.1. The van der Waals surface area contributed by atoms with Crippen LogP contribution < -0.4 is 0 Å². The number of nitrogens with zero attached hydrogens (tertiary/aromatic N) is 1. The molecule has 3 nitrogen and oxygen atoms in total. The van der Waals surface area contributed by atoms with Gasteiger partial charge in [-0.15, -0.1) is 0 Å². The van der Waals surface area contributed by atoms with E-state index in [0.717, 1.165) is 32.4 Å². The van der Waals surface area contributed by atoms with E-state index in [0.29, 0.717) is 23.7 Å². The fourth-order valence-electron chi connectivity index (χ4n) is 2.73. The Labute approximate surface area is 91.5 Å². The second-order valence-electron chi connectivity index (χ2n) is 5.28. The van der Waals surface area contributed by atoms with Crippen LogP contribution in [0.2, 0.25) is 0 Å². The molecule has 2 unspecified atom stereocenters. The molecule has 86 valence electrons. The predicted molar refractivity (Wildman–Crippen MR) is 58.6 cm³/mol. The van der Waals surface area contributed by atoms with Gasteiger partial charge in [0.15, 0.2) is 0 Å². The van der Waals surface area contributed by atoms with Crippen molar-refractivity contribution in [3.05, 3.63) is 0 Å². The second-order valence-corrected chi connectivity index (χ2v) is 5.28. The van der Waals surface area contributed by atoms with Crippen LogP contribution in [0, 0.1) is 11.8 Å². The molecule has 3 atom stereocenters. The summed E-state index contributed by atoms with van der Waals surface area (Å²) in [5, 5.41) is 9.41. The third-order valence-electron chi connectivity index (χ3n) is 4.06. The maximum Gasteiger partial charge on any atom is 0.134 e. The Morgan fingerprint density at radius 2 is 2.13 bits per heavy atom. The lowest BCUT2D eigenvalue weighted by molar-refractivity contribution is -0.125. The van der Waals surface area contributed by atoms with Gasteiger partial charge < -0.3 is 5.11 Å². The zero-order chi connectivity index (χ0) is 11.0. The van der Waals surface area contributed by atoms with Crippen molar-refractivity contribution >= 4 is 5.78 Å². The first-order valence-corrected chi connectivity index (χ1v) is 6.01. The second kappa shape index (κ2) is 4.22. The van der Waals surface area contributed by atoms with Crippen molar-refractivity contribution < 1.29 is 9.90 Å². The number of ketones is 1. The number of hydrogen-bond donors (Lipinski definition) is 1. The Bertz CT molecular complexity index is 246. The van der Waals surface area contributed by atoms with Crippen LogP contribution >= 0.6 is 0 Å². The number of likely N-dealkylation sites (tertiary alicyclic amines) is 1. The van der Waals surface area contributed by atoms with Crippen LogP contribution in [0.1, 0.15) is 33.1 Å². The summed E-state index contributed by atoms with van der Waals surface area (Å²) < 4.78 is 0. The normalized spacial score (nSPS) is 36.3. The highest BCUT2D eigenvalue weighted by Gasteiger charge is 2.39. The van der Waals surface area contributed by atoms with Gasteiger partial charge in [0.2, 0.25) is 0 Å². The lowest BCUT2D eigenvalue weighted by Crippen LogP contribution is -2.58. The van der Waals surface area contributed by atoms with E-state index in [2.05, 4.69) is 11.8 Å².